The third-order valence-corrected chi connectivity index (χ3v) is 2.61. The summed E-state index contributed by atoms with van der Waals surface area (Å²) in [5, 5.41) is 0. The summed E-state index contributed by atoms with van der Waals surface area (Å²) in [5.74, 6) is 6.88. The van der Waals surface area contributed by atoms with E-state index < -0.39 is 0 Å². The second-order valence-corrected chi connectivity index (χ2v) is 5.22. The van der Waals surface area contributed by atoms with Crippen molar-refractivity contribution < 1.29 is 0 Å². The molecule has 94 valence electrons. The molecule has 0 unspecified atom stereocenters. The Morgan fingerprint density at radius 3 is 2.28 bits per heavy atom. The van der Waals surface area contributed by atoms with Gasteiger partial charge in [-0.05, 0) is 0 Å². The van der Waals surface area contributed by atoms with E-state index >= 15 is 0 Å². The minimum atomic E-state index is -0.115. The van der Waals surface area contributed by atoms with Crippen molar-refractivity contribution in [1.29, 1.82) is 0 Å². The fourth-order valence-corrected chi connectivity index (χ4v) is 1.61. The van der Waals surface area contributed by atoms with E-state index in [1.165, 1.54) is 0 Å². The van der Waals surface area contributed by atoms with Gasteiger partial charge in [0.2, 0.25) is 0 Å². The van der Waals surface area contributed by atoms with Crippen molar-refractivity contribution >= 4 is 5.82 Å². The number of nitrogen functional groups attached to an aromatic ring is 1. The van der Waals surface area contributed by atoms with E-state index in [9.17, 15) is 0 Å². The molecule has 0 aliphatic rings. The van der Waals surface area contributed by atoms with Gasteiger partial charge in [0, 0.05) is 17.0 Å². The van der Waals surface area contributed by atoms with Crippen molar-refractivity contribution in [2.75, 3.05) is 5.43 Å². The number of aromatic nitrogens is 2. The number of benzene rings is 1. The molecule has 0 aliphatic heterocycles. The number of hydrogen-bond acceptors (Lipinski definition) is 4. The lowest BCUT2D eigenvalue weighted by Gasteiger charge is -2.18. The second-order valence-electron chi connectivity index (χ2n) is 5.22. The van der Waals surface area contributed by atoms with Crippen LogP contribution in [-0.2, 0) is 5.41 Å². The fraction of sp³-hybridized carbons (Fsp3) is 0.286. The van der Waals surface area contributed by atoms with Crippen LogP contribution in [0.4, 0.5) is 5.82 Å². The zero-order chi connectivity index (χ0) is 13.2. The van der Waals surface area contributed by atoms with Gasteiger partial charge in [-0.25, -0.2) is 15.8 Å². The van der Waals surface area contributed by atoms with Gasteiger partial charge in [-0.2, -0.15) is 0 Å². The third-order valence-electron chi connectivity index (χ3n) is 2.61. The molecule has 0 bridgehead atoms. The van der Waals surface area contributed by atoms with Crippen LogP contribution in [0.1, 0.15) is 26.6 Å². The second kappa shape index (κ2) is 4.74. The molecular formula is C14H18N4. The summed E-state index contributed by atoms with van der Waals surface area (Å²) < 4.78 is 0. The third kappa shape index (κ3) is 2.65. The topological polar surface area (TPSA) is 63.8 Å². The number of nitrogens with zero attached hydrogens (tertiary/aromatic N) is 2. The van der Waals surface area contributed by atoms with Gasteiger partial charge in [0.15, 0.2) is 0 Å². The van der Waals surface area contributed by atoms with E-state index in [2.05, 4.69) is 36.2 Å². The summed E-state index contributed by atoms with van der Waals surface area (Å²) in [6.45, 7) is 6.24. The highest BCUT2D eigenvalue weighted by molar-refractivity contribution is 5.62. The maximum Gasteiger partial charge on any atom is 0.144 e. The predicted octanol–water partition coefficient (Wildman–Crippen LogP) is 2.73. The molecule has 0 atom stereocenters. The fourth-order valence-electron chi connectivity index (χ4n) is 1.61. The number of anilines is 1. The monoisotopic (exact) mass is 242 g/mol. The maximum absolute atomic E-state index is 5.47. The molecule has 0 radical (unpaired) electrons. The molecule has 0 aliphatic carbocycles. The quantitative estimate of drug-likeness (QED) is 0.628. The van der Waals surface area contributed by atoms with Crippen molar-refractivity contribution in [1.82, 2.24) is 9.97 Å². The molecule has 0 saturated heterocycles. The summed E-state index contributed by atoms with van der Waals surface area (Å²) in [6.07, 6.45) is 0. The molecule has 0 amide bonds. The van der Waals surface area contributed by atoms with Gasteiger partial charge in [-0.15, -0.1) is 0 Å². The van der Waals surface area contributed by atoms with Gasteiger partial charge in [-0.3, -0.25) is 0 Å². The Kier molecular flexibility index (Phi) is 3.30. The molecule has 0 spiro atoms. The molecule has 0 saturated carbocycles. The number of rotatable bonds is 2. The highest BCUT2D eigenvalue weighted by atomic mass is 15.3. The number of nitrogens with two attached hydrogens (primary N) is 1. The van der Waals surface area contributed by atoms with Gasteiger partial charge in [0.25, 0.3) is 0 Å². The molecule has 1 aromatic heterocycles. The van der Waals surface area contributed by atoms with Crippen molar-refractivity contribution in [3.8, 4) is 11.3 Å². The van der Waals surface area contributed by atoms with Crippen molar-refractivity contribution in [2.45, 2.75) is 26.2 Å². The Morgan fingerprint density at radius 2 is 1.72 bits per heavy atom. The van der Waals surface area contributed by atoms with E-state index in [0.29, 0.717) is 5.82 Å². The lowest BCUT2D eigenvalue weighted by atomic mass is 9.95. The van der Waals surface area contributed by atoms with Crippen LogP contribution < -0.4 is 11.3 Å². The lowest BCUT2D eigenvalue weighted by molar-refractivity contribution is 0.546. The van der Waals surface area contributed by atoms with Crippen LogP contribution in [0, 0.1) is 0 Å². The van der Waals surface area contributed by atoms with Gasteiger partial charge >= 0.3 is 0 Å². The van der Waals surface area contributed by atoms with Crippen LogP contribution in [0.5, 0.6) is 0 Å². The summed E-state index contributed by atoms with van der Waals surface area (Å²) in [5.41, 5.74) is 4.42. The summed E-state index contributed by atoms with van der Waals surface area (Å²) in [4.78, 5) is 9.02. The average molecular weight is 242 g/mol. The molecular weight excluding hydrogens is 224 g/mol. The zero-order valence-corrected chi connectivity index (χ0v) is 10.9. The Morgan fingerprint density at radius 1 is 1.06 bits per heavy atom. The van der Waals surface area contributed by atoms with Crippen LogP contribution in [0.15, 0.2) is 36.4 Å². The first-order valence-corrected chi connectivity index (χ1v) is 5.92. The highest BCUT2D eigenvalue weighted by Crippen LogP contribution is 2.24. The molecule has 2 aromatic rings. The minimum absolute atomic E-state index is 0.115. The Balaban J connectivity index is 2.55. The highest BCUT2D eigenvalue weighted by Gasteiger charge is 2.19. The van der Waals surface area contributed by atoms with E-state index in [1.54, 1.807) is 0 Å². The molecule has 4 nitrogen and oxygen atoms in total. The average Bonchev–Trinajstić information content (AvgIpc) is 2.38. The minimum Gasteiger partial charge on any atom is -0.308 e. The number of hydrazine groups is 1. The normalized spacial score (nSPS) is 11.3. The van der Waals surface area contributed by atoms with Crippen LogP contribution in [0.3, 0.4) is 0 Å². The largest absolute Gasteiger partial charge is 0.308 e. The van der Waals surface area contributed by atoms with Crippen LogP contribution in [0.25, 0.3) is 11.3 Å². The van der Waals surface area contributed by atoms with Crippen LogP contribution in [0.2, 0.25) is 0 Å². The predicted molar refractivity (Wildman–Crippen MR) is 74.0 cm³/mol. The first kappa shape index (κ1) is 12.5. The SMILES string of the molecule is CC(C)(C)c1nc(NN)cc(-c2ccccc2)n1. The first-order chi connectivity index (χ1) is 8.50. The molecule has 18 heavy (non-hydrogen) atoms. The van der Waals surface area contributed by atoms with Gasteiger partial charge in [0.1, 0.15) is 11.6 Å². The van der Waals surface area contributed by atoms with E-state index in [4.69, 9.17) is 5.84 Å². The first-order valence-electron chi connectivity index (χ1n) is 5.92. The van der Waals surface area contributed by atoms with Gasteiger partial charge in [0.05, 0.1) is 5.69 Å². The molecule has 4 heteroatoms. The summed E-state index contributed by atoms with van der Waals surface area (Å²) in [6, 6.07) is 11.9. The lowest BCUT2D eigenvalue weighted by Crippen LogP contribution is -2.19. The van der Waals surface area contributed by atoms with Crippen molar-refractivity contribution in [3.05, 3.63) is 42.2 Å². The van der Waals surface area contributed by atoms with Crippen molar-refractivity contribution in [2.24, 2.45) is 5.84 Å². The van der Waals surface area contributed by atoms with E-state index in [1.807, 2.05) is 36.4 Å². The maximum atomic E-state index is 5.47. The Hall–Kier alpha value is -1.94. The van der Waals surface area contributed by atoms with Gasteiger partial charge < -0.3 is 5.43 Å². The smallest absolute Gasteiger partial charge is 0.144 e. The Bertz CT molecular complexity index is 529. The van der Waals surface area contributed by atoms with E-state index in [0.717, 1.165) is 17.1 Å². The Labute approximate surface area is 107 Å². The zero-order valence-electron chi connectivity index (χ0n) is 10.9. The standard InChI is InChI=1S/C14H18N4/c1-14(2,3)13-16-11(9-12(17-13)18-15)10-7-5-4-6-8-10/h4-9H,15H2,1-3H3,(H,16,17,18). The van der Waals surface area contributed by atoms with Crippen LogP contribution >= 0.6 is 0 Å². The van der Waals surface area contributed by atoms with Gasteiger partial charge in [-0.1, -0.05) is 51.1 Å². The van der Waals surface area contributed by atoms with E-state index in [-0.39, 0.29) is 5.41 Å². The molecule has 3 N–H and O–H groups in total. The number of nitrogens with one attached hydrogen (secondary N) is 1. The summed E-state index contributed by atoms with van der Waals surface area (Å²) >= 11 is 0. The molecule has 0 fully saturated rings. The molecule has 1 aromatic carbocycles. The van der Waals surface area contributed by atoms with Crippen LogP contribution in [-0.4, -0.2) is 9.97 Å². The summed E-state index contributed by atoms with van der Waals surface area (Å²) in [7, 11) is 0. The molecule has 2 rings (SSSR count). The van der Waals surface area contributed by atoms with Crippen molar-refractivity contribution in [3.63, 3.8) is 0 Å². The molecule has 1 heterocycles. The number of hydrogen-bond donors (Lipinski definition) is 2.